The molecule has 2 aromatic heterocycles. The van der Waals surface area contributed by atoms with Crippen LogP contribution in [0, 0.1) is 5.82 Å². The van der Waals surface area contributed by atoms with Gasteiger partial charge >= 0.3 is 0 Å². The molecule has 3 heterocycles. The summed E-state index contributed by atoms with van der Waals surface area (Å²) in [5.74, 6) is 0.763. The lowest BCUT2D eigenvalue weighted by molar-refractivity contribution is 0.147. The van der Waals surface area contributed by atoms with E-state index in [0.29, 0.717) is 39.6 Å². The number of halogens is 2. The molecule has 6 rings (SSSR count). The van der Waals surface area contributed by atoms with E-state index in [4.69, 9.17) is 32.4 Å². The van der Waals surface area contributed by atoms with Crippen molar-refractivity contribution in [3.05, 3.63) is 59.4 Å². The molecule has 0 bridgehead atoms. The molecular formula is C27H29ClFN7. The molecule has 0 radical (unpaired) electrons. The molecule has 1 saturated carbocycles. The van der Waals surface area contributed by atoms with Gasteiger partial charge in [-0.2, -0.15) is 4.98 Å². The number of nitrogens with zero attached hydrogens (tertiary/aromatic N) is 6. The van der Waals surface area contributed by atoms with Crippen LogP contribution in [0.4, 0.5) is 16.2 Å². The fourth-order valence-corrected chi connectivity index (χ4v) is 5.60. The van der Waals surface area contributed by atoms with Crippen LogP contribution in [0.3, 0.4) is 0 Å². The SMILES string of the molecule is Nc1c2c(-c3ccc(F)cc3)nc(N3CCN(C4CCCCC4)CC3)nc2nn1-c1ccc(Cl)cc1. The molecule has 2 N–H and O–H groups in total. The number of nitrogens with two attached hydrogens (primary N) is 1. The molecule has 0 spiro atoms. The number of fused-ring (bicyclic) bond motifs is 1. The molecule has 7 nitrogen and oxygen atoms in total. The van der Waals surface area contributed by atoms with Crippen molar-refractivity contribution in [2.24, 2.45) is 0 Å². The Balaban J connectivity index is 1.38. The van der Waals surface area contributed by atoms with Crippen LogP contribution in [0.5, 0.6) is 0 Å². The molecule has 0 amide bonds. The largest absolute Gasteiger partial charge is 0.383 e. The second-order valence-electron chi connectivity index (χ2n) is 9.67. The van der Waals surface area contributed by atoms with Gasteiger partial charge in [0.05, 0.1) is 16.8 Å². The molecule has 4 aromatic rings. The minimum absolute atomic E-state index is 0.298. The number of hydrogen-bond donors (Lipinski definition) is 1. The number of anilines is 2. The van der Waals surface area contributed by atoms with E-state index in [1.807, 2.05) is 12.1 Å². The molecule has 2 fully saturated rings. The highest BCUT2D eigenvalue weighted by Gasteiger charge is 2.27. The zero-order valence-electron chi connectivity index (χ0n) is 20.1. The molecule has 1 aliphatic carbocycles. The first-order chi connectivity index (χ1) is 17.6. The van der Waals surface area contributed by atoms with E-state index < -0.39 is 0 Å². The van der Waals surface area contributed by atoms with Gasteiger partial charge < -0.3 is 10.6 Å². The maximum atomic E-state index is 13.7. The van der Waals surface area contributed by atoms with Crippen LogP contribution in [-0.2, 0) is 0 Å². The summed E-state index contributed by atoms with van der Waals surface area (Å²) < 4.78 is 15.4. The molecule has 186 valence electrons. The lowest BCUT2D eigenvalue weighted by atomic mass is 9.94. The third-order valence-corrected chi connectivity index (χ3v) is 7.69. The van der Waals surface area contributed by atoms with Gasteiger partial charge in [0, 0.05) is 42.8 Å². The Hall–Kier alpha value is -3.23. The second kappa shape index (κ2) is 9.67. The number of benzene rings is 2. The molecule has 2 aliphatic rings. The molecule has 9 heteroatoms. The topological polar surface area (TPSA) is 76.1 Å². The zero-order chi connectivity index (χ0) is 24.6. The predicted octanol–water partition coefficient (Wildman–Crippen LogP) is 5.31. The summed E-state index contributed by atoms with van der Waals surface area (Å²) in [6.45, 7) is 3.72. The maximum absolute atomic E-state index is 13.7. The van der Waals surface area contributed by atoms with Gasteiger partial charge in [-0.25, -0.2) is 14.1 Å². The van der Waals surface area contributed by atoms with Crippen molar-refractivity contribution in [3.8, 4) is 16.9 Å². The standard InChI is InChI=1S/C27H29ClFN7/c28-19-8-12-22(13-9-19)36-25(30)23-24(18-6-10-20(29)11-7-18)31-27(32-26(23)33-36)35-16-14-34(15-17-35)21-4-2-1-3-5-21/h6-13,21H,1-5,14-17,30H2. The minimum atomic E-state index is -0.298. The summed E-state index contributed by atoms with van der Waals surface area (Å²) in [5, 5.41) is 6.03. The van der Waals surface area contributed by atoms with Gasteiger partial charge in [0.2, 0.25) is 5.95 Å². The molecule has 0 unspecified atom stereocenters. The van der Waals surface area contributed by atoms with E-state index in [0.717, 1.165) is 37.4 Å². The molecule has 0 atom stereocenters. The van der Waals surface area contributed by atoms with Gasteiger partial charge in [0.1, 0.15) is 11.6 Å². The summed E-state index contributed by atoms with van der Waals surface area (Å²) in [6.07, 6.45) is 6.65. The smallest absolute Gasteiger partial charge is 0.228 e. The quantitative estimate of drug-likeness (QED) is 0.405. The third-order valence-electron chi connectivity index (χ3n) is 7.43. The van der Waals surface area contributed by atoms with E-state index >= 15 is 0 Å². The lowest BCUT2D eigenvalue weighted by Crippen LogP contribution is -2.51. The van der Waals surface area contributed by atoms with E-state index in [1.165, 1.54) is 44.2 Å². The summed E-state index contributed by atoms with van der Waals surface area (Å²) in [4.78, 5) is 14.7. The first-order valence-corrected chi connectivity index (χ1v) is 13.0. The predicted molar refractivity (Wildman–Crippen MR) is 142 cm³/mol. The van der Waals surface area contributed by atoms with Gasteiger partial charge in [-0.05, 0) is 61.4 Å². The maximum Gasteiger partial charge on any atom is 0.228 e. The van der Waals surface area contributed by atoms with E-state index in [1.54, 1.807) is 28.9 Å². The molecular weight excluding hydrogens is 477 g/mol. The third kappa shape index (κ3) is 4.40. The Morgan fingerprint density at radius 3 is 2.25 bits per heavy atom. The van der Waals surface area contributed by atoms with Crippen molar-refractivity contribution in [2.75, 3.05) is 36.8 Å². The monoisotopic (exact) mass is 505 g/mol. The summed E-state index contributed by atoms with van der Waals surface area (Å²) in [5.41, 5.74) is 9.32. The van der Waals surface area contributed by atoms with Crippen LogP contribution in [0.25, 0.3) is 28.0 Å². The van der Waals surface area contributed by atoms with Crippen molar-refractivity contribution in [2.45, 2.75) is 38.1 Å². The van der Waals surface area contributed by atoms with Crippen molar-refractivity contribution < 1.29 is 4.39 Å². The van der Waals surface area contributed by atoms with Crippen LogP contribution < -0.4 is 10.6 Å². The summed E-state index contributed by atoms with van der Waals surface area (Å²) in [6, 6.07) is 14.3. The number of rotatable bonds is 4. The molecule has 1 aliphatic heterocycles. The van der Waals surface area contributed by atoms with Crippen LogP contribution in [-0.4, -0.2) is 56.9 Å². The summed E-state index contributed by atoms with van der Waals surface area (Å²) >= 11 is 6.08. The minimum Gasteiger partial charge on any atom is -0.383 e. The number of nitrogen functional groups attached to an aromatic ring is 1. The molecule has 1 saturated heterocycles. The van der Waals surface area contributed by atoms with Crippen molar-refractivity contribution in [3.63, 3.8) is 0 Å². The normalized spacial score (nSPS) is 17.7. The average Bonchev–Trinajstić information content (AvgIpc) is 3.26. The van der Waals surface area contributed by atoms with E-state index in [9.17, 15) is 4.39 Å². The number of hydrogen-bond acceptors (Lipinski definition) is 6. The van der Waals surface area contributed by atoms with Gasteiger partial charge in [-0.3, -0.25) is 4.90 Å². The Bertz CT molecular complexity index is 1360. The molecule has 2 aromatic carbocycles. The second-order valence-corrected chi connectivity index (χ2v) is 10.1. The van der Waals surface area contributed by atoms with Crippen LogP contribution in [0.15, 0.2) is 48.5 Å². The van der Waals surface area contributed by atoms with Crippen LogP contribution >= 0.6 is 11.6 Å². The van der Waals surface area contributed by atoms with Crippen molar-refractivity contribution in [1.29, 1.82) is 0 Å². The fraction of sp³-hybridized carbons (Fsp3) is 0.370. The van der Waals surface area contributed by atoms with Crippen molar-refractivity contribution in [1.82, 2.24) is 24.6 Å². The Morgan fingerprint density at radius 2 is 1.56 bits per heavy atom. The average molecular weight is 506 g/mol. The first-order valence-electron chi connectivity index (χ1n) is 12.6. The first kappa shape index (κ1) is 23.2. The van der Waals surface area contributed by atoms with Gasteiger partial charge in [0.25, 0.3) is 0 Å². The fourth-order valence-electron chi connectivity index (χ4n) is 5.47. The van der Waals surface area contributed by atoms with Crippen LogP contribution in [0.2, 0.25) is 5.02 Å². The summed E-state index contributed by atoms with van der Waals surface area (Å²) in [7, 11) is 0. The van der Waals surface area contributed by atoms with E-state index in [-0.39, 0.29) is 5.82 Å². The zero-order valence-corrected chi connectivity index (χ0v) is 20.8. The van der Waals surface area contributed by atoms with Gasteiger partial charge in [-0.15, -0.1) is 5.10 Å². The number of piperazine rings is 1. The van der Waals surface area contributed by atoms with Crippen molar-refractivity contribution >= 4 is 34.4 Å². The Kier molecular flexibility index (Phi) is 6.23. The van der Waals surface area contributed by atoms with E-state index in [2.05, 4.69) is 9.80 Å². The highest BCUT2D eigenvalue weighted by molar-refractivity contribution is 6.30. The molecule has 36 heavy (non-hydrogen) atoms. The van der Waals surface area contributed by atoms with Gasteiger partial charge in [0.15, 0.2) is 5.65 Å². The highest BCUT2D eigenvalue weighted by Crippen LogP contribution is 2.34. The number of aromatic nitrogens is 4. The van der Waals surface area contributed by atoms with Crippen LogP contribution in [0.1, 0.15) is 32.1 Å². The highest BCUT2D eigenvalue weighted by atomic mass is 35.5. The lowest BCUT2D eigenvalue weighted by Gasteiger charge is -2.40. The Labute approximate surface area is 214 Å². The van der Waals surface area contributed by atoms with Gasteiger partial charge in [-0.1, -0.05) is 30.9 Å². The Morgan fingerprint density at radius 1 is 0.861 bits per heavy atom.